The van der Waals surface area contributed by atoms with E-state index in [1.54, 1.807) is 12.1 Å². The molecule has 0 aliphatic rings. The summed E-state index contributed by atoms with van der Waals surface area (Å²) < 4.78 is 56.6. The van der Waals surface area contributed by atoms with Crippen molar-refractivity contribution in [2.75, 3.05) is 0 Å². The molecule has 1 heterocycles. The van der Waals surface area contributed by atoms with Crippen molar-refractivity contribution >= 4 is 11.8 Å². The summed E-state index contributed by atoms with van der Waals surface area (Å²) in [6.45, 7) is 1.84. The Morgan fingerprint density at radius 1 is 1.08 bits per heavy atom. The van der Waals surface area contributed by atoms with Crippen LogP contribution in [0.3, 0.4) is 0 Å². The molecule has 3 rings (SSSR count). The molecule has 0 saturated heterocycles. The van der Waals surface area contributed by atoms with E-state index in [1.165, 1.54) is 36.0 Å². The maximum Gasteiger partial charge on any atom is 0.416 e. The van der Waals surface area contributed by atoms with Gasteiger partial charge in [-0.1, -0.05) is 36.0 Å². The predicted octanol–water partition coefficient (Wildman–Crippen LogP) is 5.67. The highest BCUT2D eigenvalue weighted by Gasteiger charge is 2.30. The van der Waals surface area contributed by atoms with Gasteiger partial charge in [0.15, 0.2) is 0 Å². The summed E-state index contributed by atoms with van der Waals surface area (Å²) in [5, 5.41) is 8.00. The molecule has 1 aromatic heterocycles. The fourth-order valence-electron chi connectivity index (χ4n) is 2.34. The van der Waals surface area contributed by atoms with Gasteiger partial charge in [0.25, 0.3) is 5.22 Å². The van der Waals surface area contributed by atoms with Crippen LogP contribution in [0.15, 0.2) is 58.2 Å². The number of rotatable bonds is 5. The molecule has 0 saturated carbocycles. The number of nitrogens with zero attached hydrogens (tertiary/aromatic N) is 2. The molecule has 8 heteroatoms. The van der Waals surface area contributed by atoms with Gasteiger partial charge in [-0.25, -0.2) is 4.39 Å². The largest absolute Gasteiger partial charge is 0.416 e. The van der Waals surface area contributed by atoms with Crippen LogP contribution in [0.1, 0.15) is 34.8 Å². The lowest BCUT2D eigenvalue weighted by atomic mass is 10.1. The van der Waals surface area contributed by atoms with Crippen molar-refractivity contribution < 1.29 is 22.0 Å². The summed E-state index contributed by atoms with van der Waals surface area (Å²) in [6.07, 6.45) is -4.05. The molecule has 3 aromatic rings. The van der Waals surface area contributed by atoms with Crippen molar-refractivity contribution in [3.8, 4) is 0 Å². The third-order valence-corrected chi connectivity index (χ3v) is 4.67. The summed E-state index contributed by atoms with van der Waals surface area (Å²) in [5.41, 5.74) is 0.738. The number of alkyl halides is 3. The molecular formula is C18H14F4N2OS. The average Bonchev–Trinajstić information content (AvgIpc) is 3.01. The number of aromatic nitrogens is 2. The molecule has 26 heavy (non-hydrogen) atoms. The SMILES string of the molecule is CC(Sc1nnc(Cc2cccc(F)c2)o1)c1ccc(C(F)(F)F)cc1. The molecule has 0 amide bonds. The van der Waals surface area contributed by atoms with Gasteiger partial charge in [0, 0.05) is 5.25 Å². The topological polar surface area (TPSA) is 38.9 Å². The van der Waals surface area contributed by atoms with E-state index in [9.17, 15) is 17.6 Å². The highest BCUT2D eigenvalue weighted by molar-refractivity contribution is 7.99. The average molecular weight is 382 g/mol. The van der Waals surface area contributed by atoms with Gasteiger partial charge in [-0.2, -0.15) is 13.2 Å². The monoisotopic (exact) mass is 382 g/mol. The first-order valence-electron chi connectivity index (χ1n) is 7.72. The van der Waals surface area contributed by atoms with Crippen molar-refractivity contribution in [1.82, 2.24) is 10.2 Å². The first kappa shape index (κ1) is 18.4. The Morgan fingerprint density at radius 3 is 2.46 bits per heavy atom. The van der Waals surface area contributed by atoms with Crippen LogP contribution < -0.4 is 0 Å². The van der Waals surface area contributed by atoms with Gasteiger partial charge < -0.3 is 4.42 Å². The van der Waals surface area contributed by atoms with E-state index in [0.29, 0.717) is 28.7 Å². The quantitative estimate of drug-likeness (QED) is 0.421. The number of hydrogen-bond donors (Lipinski definition) is 0. The second-order valence-corrected chi connectivity index (χ2v) is 6.94. The Balaban J connectivity index is 1.65. The van der Waals surface area contributed by atoms with E-state index >= 15 is 0 Å². The van der Waals surface area contributed by atoms with Gasteiger partial charge in [0.05, 0.1) is 12.0 Å². The minimum Gasteiger partial charge on any atom is -0.416 e. The van der Waals surface area contributed by atoms with Crippen LogP contribution in [0.25, 0.3) is 0 Å². The third-order valence-electron chi connectivity index (χ3n) is 3.68. The third kappa shape index (κ3) is 4.63. The van der Waals surface area contributed by atoms with E-state index in [1.807, 2.05) is 6.92 Å². The zero-order valence-corrected chi connectivity index (χ0v) is 14.4. The lowest BCUT2D eigenvalue weighted by Crippen LogP contribution is -2.04. The molecule has 0 N–H and O–H groups in total. The van der Waals surface area contributed by atoms with Gasteiger partial charge in [0.1, 0.15) is 5.82 Å². The molecule has 0 aliphatic carbocycles. The molecule has 136 valence electrons. The maximum absolute atomic E-state index is 13.2. The summed E-state index contributed by atoms with van der Waals surface area (Å²) in [6, 6.07) is 11.1. The Hall–Kier alpha value is -2.35. The summed E-state index contributed by atoms with van der Waals surface area (Å²) in [4.78, 5) is 0. The second-order valence-electron chi connectivity index (χ2n) is 5.65. The van der Waals surface area contributed by atoms with Crippen LogP contribution in [-0.4, -0.2) is 10.2 Å². The Labute approximate surface area is 151 Å². The van der Waals surface area contributed by atoms with Crippen LogP contribution in [0.4, 0.5) is 17.6 Å². The number of hydrogen-bond acceptors (Lipinski definition) is 4. The molecule has 1 unspecified atom stereocenters. The Bertz CT molecular complexity index is 877. The standard InChI is InChI=1S/C18H14F4N2OS/c1-11(13-5-7-14(8-6-13)18(20,21)22)26-17-24-23-16(25-17)10-12-3-2-4-15(19)9-12/h2-9,11H,10H2,1H3. The molecular weight excluding hydrogens is 368 g/mol. The summed E-state index contributed by atoms with van der Waals surface area (Å²) >= 11 is 1.25. The first-order chi connectivity index (χ1) is 12.3. The van der Waals surface area contributed by atoms with E-state index in [-0.39, 0.29) is 11.1 Å². The Kier molecular flexibility index (Phi) is 5.31. The van der Waals surface area contributed by atoms with E-state index in [4.69, 9.17) is 4.42 Å². The lowest BCUT2D eigenvalue weighted by Gasteiger charge is -2.11. The molecule has 0 spiro atoms. The summed E-state index contributed by atoms with van der Waals surface area (Å²) in [5.74, 6) is 0.00487. The minimum atomic E-state index is -4.35. The fourth-order valence-corrected chi connectivity index (χ4v) is 3.17. The maximum atomic E-state index is 13.2. The molecule has 3 nitrogen and oxygen atoms in total. The number of benzene rings is 2. The fraction of sp³-hybridized carbons (Fsp3) is 0.222. The predicted molar refractivity (Wildman–Crippen MR) is 89.2 cm³/mol. The van der Waals surface area contributed by atoms with Crippen LogP contribution in [-0.2, 0) is 12.6 Å². The van der Waals surface area contributed by atoms with E-state index in [0.717, 1.165) is 12.1 Å². The summed E-state index contributed by atoms with van der Waals surface area (Å²) in [7, 11) is 0. The second kappa shape index (κ2) is 7.49. The van der Waals surface area contributed by atoms with E-state index < -0.39 is 11.7 Å². The normalized spacial score (nSPS) is 13.0. The van der Waals surface area contributed by atoms with Crippen LogP contribution >= 0.6 is 11.8 Å². The van der Waals surface area contributed by atoms with Crippen molar-refractivity contribution in [1.29, 1.82) is 0 Å². The molecule has 0 fully saturated rings. The van der Waals surface area contributed by atoms with Crippen LogP contribution in [0.5, 0.6) is 0 Å². The number of thioether (sulfide) groups is 1. The van der Waals surface area contributed by atoms with Crippen molar-refractivity contribution in [3.05, 3.63) is 76.9 Å². The van der Waals surface area contributed by atoms with Crippen molar-refractivity contribution in [2.24, 2.45) is 0 Å². The van der Waals surface area contributed by atoms with Crippen LogP contribution in [0, 0.1) is 5.82 Å². The molecule has 1 atom stereocenters. The number of halogens is 4. The molecule has 0 bridgehead atoms. The van der Waals surface area contributed by atoms with Gasteiger partial charge in [-0.3, -0.25) is 0 Å². The van der Waals surface area contributed by atoms with Gasteiger partial charge in [-0.15, -0.1) is 10.2 Å². The zero-order valence-electron chi connectivity index (χ0n) is 13.6. The zero-order chi connectivity index (χ0) is 18.7. The van der Waals surface area contributed by atoms with Crippen molar-refractivity contribution in [2.45, 2.75) is 30.0 Å². The van der Waals surface area contributed by atoms with Gasteiger partial charge >= 0.3 is 6.18 Å². The minimum absolute atomic E-state index is 0.167. The van der Waals surface area contributed by atoms with E-state index in [2.05, 4.69) is 10.2 Å². The van der Waals surface area contributed by atoms with Crippen LogP contribution in [0.2, 0.25) is 0 Å². The molecule has 0 aliphatic heterocycles. The molecule has 2 aromatic carbocycles. The highest BCUT2D eigenvalue weighted by atomic mass is 32.2. The van der Waals surface area contributed by atoms with Crippen molar-refractivity contribution in [3.63, 3.8) is 0 Å². The lowest BCUT2D eigenvalue weighted by molar-refractivity contribution is -0.137. The first-order valence-corrected chi connectivity index (χ1v) is 8.60. The Morgan fingerprint density at radius 2 is 1.81 bits per heavy atom. The smallest absolute Gasteiger partial charge is 0.416 e. The molecule has 0 radical (unpaired) electrons. The van der Waals surface area contributed by atoms with Gasteiger partial charge in [-0.05, 0) is 42.3 Å². The highest BCUT2D eigenvalue weighted by Crippen LogP contribution is 2.36. The van der Waals surface area contributed by atoms with Gasteiger partial charge in [0.2, 0.25) is 5.89 Å².